The maximum Gasteiger partial charge on any atom is 0 e. The molecule has 0 saturated heterocycles. The molecule has 0 amide bonds. The monoisotopic (exact) mass is 409 g/mol. The third-order valence-electron chi connectivity index (χ3n) is 4.23. The molecule has 0 bridgehead atoms. The molecule has 0 radical (unpaired) electrons. The number of hydrogen-bond acceptors (Lipinski definition) is 1. The van der Waals surface area contributed by atoms with Crippen LogP contribution in [0.15, 0.2) is 24.4 Å². The van der Waals surface area contributed by atoms with Gasteiger partial charge in [-0.2, -0.15) is 0 Å². The molecule has 0 spiro atoms. The van der Waals surface area contributed by atoms with Gasteiger partial charge in [0.05, 0.1) is 0 Å². The molecular formula is C17H31ArNSn. The fourth-order valence-corrected chi connectivity index (χ4v) is 18.4. The zero-order chi connectivity index (χ0) is 14.0. The van der Waals surface area contributed by atoms with Crippen LogP contribution in [-0.4, -0.2) is 23.4 Å². The van der Waals surface area contributed by atoms with E-state index < -0.39 is 18.4 Å². The van der Waals surface area contributed by atoms with E-state index in [1.807, 2.05) is 6.20 Å². The molecular weight excluding hydrogens is 377 g/mol. The number of hydrogen-bond donors (Lipinski definition) is 0. The third-order valence-corrected chi connectivity index (χ3v) is 19.4. The molecule has 0 aliphatic heterocycles. The van der Waals surface area contributed by atoms with Gasteiger partial charge in [-0.05, 0) is 0 Å². The molecule has 20 heavy (non-hydrogen) atoms. The van der Waals surface area contributed by atoms with E-state index in [2.05, 4.69) is 39.0 Å². The number of aromatic nitrogens is 1. The Balaban J connectivity index is 0.00000361. The first-order chi connectivity index (χ1) is 9.29. The zero-order valence-corrected chi connectivity index (χ0v) is 17.0. The Bertz CT molecular complexity index is 307. The first-order valence-corrected chi connectivity index (χ1v) is 15.7. The first kappa shape index (κ1) is 21.2. The number of nitrogens with zero attached hydrogens (tertiary/aromatic N) is 1. The second-order valence-corrected chi connectivity index (χ2v) is 18.9. The van der Waals surface area contributed by atoms with Gasteiger partial charge in [0.2, 0.25) is 0 Å². The third kappa shape index (κ3) is 6.98. The van der Waals surface area contributed by atoms with E-state index in [-0.39, 0.29) is 37.7 Å². The molecule has 0 atom stereocenters. The van der Waals surface area contributed by atoms with Crippen LogP contribution in [0.25, 0.3) is 0 Å². The molecule has 1 rings (SSSR count). The van der Waals surface area contributed by atoms with Crippen molar-refractivity contribution in [3.63, 3.8) is 0 Å². The molecule has 116 valence electrons. The van der Waals surface area contributed by atoms with E-state index >= 15 is 0 Å². The minimum absolute atomic E-state index is 0. The summed E-state index contributed by atoms with van der Waals surface area (Å²) in [7, 11) is 0. The molecule has 0 aliphatic rings. The normalized spacial score (nSPS) is 11.2. The van der Waals surface area contributed by atoms with E-state index in [4.69, 9.17) is 4.98 Å². The second-order valence-electron chi connectivity index (χ2n) is 5.81. The fourth-order valence-electron chi connectivity index (χ4n) is 2.98. The molecule has 1 aromatic heterocycles. The van der Waals surface area contributed by atoms with E-state index in [1.54, 1.807) is 3.71 Å². The first-order valence-electron chi connectivity index (χ1n) is 8.20. The number of rotatable bonds is 10. The predicted molar refractivity (Wildman–Crippen MR) is 88.8 cm³/mol. The quantitative estimate of drug-likeness (QED) is 0.489. The molecule has 3 heteroatoms. The molecule has 1 aromatic rings. The molecule has 0 saturated carbocycles. The summed E-state index contributed by atoms with van der Waals surface area (Å²) >= 11 is -2.21. The van der Waals surface area contributed by atoms with Crippen LogP contribution in [0.2, 0.25) is 13.3 Å². The second kappa shape index (κ2) is 12.7. The molecule has 1 heterocycles. The summed E-state index contributed by atoms with van der Waals surface area (Å²) in [6, 6.07) is 6.62. The Morgan fingerprint density at radius 1 is 0.850 bits per heavy atom. The standard InChI is InChI=1S/C5H4N.3C4H9.Ar.Sn/c1-2-4-6-5-3-1;3*1-3-4-2;;/h1-4H;3*1,3-4H2,2H3;;. The average Bonchev–Trinajstić information content (AvgIpc) is 2.48. The van der Waals surface area contributed by atoms with Crippen molar-refractivity contribution in [3.8, 4) is 0 Å². The Morgan fingerprint density at radius 3 is 1.70 bits per heavy atom. The van der Waals surface area contributed by atoms with Crippen LogP contribution in [0.1, 0.15) is 59.3 Å². The Morgan fingerprint density at radius 2 is 1.35 bits per heavy atom. The van der Waals surface area contributed by atoms with Crippen molar-refractivity contribution >= 4 is 22.1 Å². The Hall–Kier alpha value is 1.21. The summed E-state index contributed by atoms with van der Waals surface area (Å²) in [6.07, 6.45) is 10.3. The van der Waals surface area contributed by atoms with E-state index in [0.29, 0.717) is 0 Å². The average molecular weight is 408 g/mol. The fraction of sp³-hybridized carbons (Fsp3) is 0.706. The van der Waals surface area contributed by atoms with Crippen LogP contribution in [0.5, 0.6) is 0 Å². The van der Waals surface area contributed by atoms with E-state index in [9.17, 15) is 0 Å². The van der Waals surface area contributed by atoms with Crippen molar-refractivity contribution in [1.82, 2.24) is 4.98 Å². The summed E-state index contributed by atoms with van der Waals surface area (Å²) in [5.41, 5.74) is 0. The van der Waals surface area contributed by atoms with E-state index in [0.717, 1.165) is 0 Å². The van der Waals surface area contributed by atoms with Crippen LogP contribution < -0.4 is 3.71 Å². The van der Waals surface area contributed by atoms with Gasteiger partial charge in [0.25, 0.3) is 0 Å². The minimum atomic E-state index is -2.21. The van der Waals surface area contributed by atoms with E-state index in [1.165, 1.54) is 51.8 Å². The zero-order valence-electron chi connectivity index (χ0n) is 13.5. The molecule has 0 aliphatic carbocycles. The van der Waals surface area contributed by atoms with Crippen molar-refractivity contribution in [1.29, 1.82) is 0 Å². The Kier molecular flexibility index (Phi) is 13.5. The summed E-state index contributed by atoms with van der Waals surface area (Å²) in [6.45, 7) is 6.98. The van der Waals surface area contributed by atoms with Gasteiger partial charge in [-0.15, -0.1) is 0 Å². The van der Waals surface area contributed by atoms with Crippen LogP contribution in [-0.2, 0) is 0 Å². The van der Waals surface area contributed by atoms with Gasteiger partial charge < -0.3 is 0 Å². The van der Waals surface area contributed by atoms with Crippen molar-refractivity contribution in [2.24, 2.45) is 0 Å². The van der Waals surface area contributed by atoms with Crippen LogP contribution in [0, 0.1) is 37.7 Å². The molecule has 1 nitrogen and oxygen atoms in total. The molecule has 0 aromatic carbocycles. The van der Waals surface area contributed by atoms with Gasteiger partial charge in [-0.1, -0.05) is 0 Å². The summed E-state index contributed by atoms with van der Waals surface area (Å²) < 4.78 is 6.10. The number of unbranched alkanes of at least 4 members (excludes halogenated alkanes) is 3. The van der Waals surface area contributed by atoms with Crippen LogP contribution in [0.3, 0.4) is 0 Å². The topological polar surface area (TPSA) is 12.9 Å². The van der Waals surface area contributed by atoms with Gasteiger partial charge in [0.1, 0.15) is 0 Å². The SMILES string of the molecule is CCC[CH2][Sn]([CH2]CCC)([CH2]CCC)[c]1ccccn1.[Ar]. The van der Waals surface area contributed by atoms with Gasteiger partial charge in [0, 0.05) is 37.7 Å². The molecule has 0 N–H and O–H groups in total. The van der Waals surface area contributed by atoms with Crippen molar-refractivity contribution in [2.75, 3.05) is 0 Å². The smallest absolute Gasteiger partial charge is 0 e. The van der Waals surface area contributed by atoms with Gasteiger partial charge in [-0.3, -0.25) is 0 Å². The minimum Gasteiger partial charge on any atom is 0 e. The predicted octanol–water partition coefficient (Wildman–Crippen LogP) is 5.14. The van der Waals surface area contributed by atoms with Gasteiger partial charge in [0.15, 0.2) is 0 Å². The Labute approximate surface area is 160 Å². The van der Waals surface area contributed by atoms with Crippen LogP contribution in [0.4, 0.5) is 0 Å². The van der Waals surface area contributed by atoms with Gasteiger partial charge >= 0.3 is 124 Å². The van der Waals surface area contributed by atoms with Crippen LogP contribution >= 0.6 is 0 Å². The summed E-state index contributed by atoms with van der Waals surface area (Å²) in [4.78, 5) is 4.80. The maximum atomic E-state index is 4.80. The maximum absolute atomic E-state index is 4.80. The number of pyridine rings is 1. The summed E-state index contributed by atoms with van der Waals surface area (Å²) in [5, 5.41) is 0. The van der Waals surface area contributed by atoms with Crippen molar-refractivity contribution in [3.05, 3.63) is 24.4 Å². The van der Waals surface area contributed by atoms with Crippen molar-refractivity contribution < 1.29 is 37.7 Å². The molecule has 0 unspecified atom stereocenters. The largest absolute Gasteiger partial charge is 0 e. The summed E-state index contributed by atoms with van der Waals surface area (Å²) in [5.74, 6) is 0. The molecule has 0 fully saturated rings. The van der Waals surface area contributed by atoms with Crippen molar-refractivity contribution in [2.45, 2.75) is 72.6 Å². The van der Waals surface area contributed by atoms with Gasteiger partial charge in [-0.25, -0.2) is 0 Å².